The number of rotatable bonds is 4. The molecule has 18 heavy (non-hydrogen) atoms. The van der Waals surface area contributed by atoms with Crippen LogP contribution in [0.25, 0.3) is 0 Å². The van der Waals surface area contributed by atoms with Gasteiger partial charge in [0, 0.05) is 12.5 Å². The van der Waals surface area contributed by atoms with Crippen LogP contribution < -0.4 is 0 Å². The number of hydrogen-bond donors (Lipinski definition) is 1. The van der Waals surface area contributed by atoms with Gasteiger partial charge >= 0.3 is 5.97 Å². The first-order valence-corrected chi connectivity index (χ1v) is 5.44. The molecular formula is C13H15F3O2. The van der Waals surface area contributed by atoms with Gasteiger partial charge in [-0.3, -0.25) is 4.79 Å². The van der Waals surface area contributed by atoms with Gasteiger partial charge in [-0.25, -0.2) is 13.2 Å². The van der Waals surface area contributed by atoms with Crippen LogP contribution in [-0.2, 0) is 17.1 Å². The molecule has 100 valence electrons. The Morgan fingerprint density at radius 1 is 1.28 bits per heavy atom. The van der Waals surface area contributed by atoms with Gasteiger partial charge in [0.05, 0.1) is 5.41 Å². The molecule has 0 radical (unpaired) electrons. The predicted octanol–water partition coefficient (Wildman–Crippen LogP) is 3.59. The van der Waals surface area contributed by atoms with Gasteiger partial charge < -0.3 is 5.11 Å². The molecule has 1 aromatic carbocycles. The normalized spacial score (nSPS) is 12.6. The number of carboxylic acid groups (broad SMARTS) is 1. The van der Waals surface area contributed by atoms with Crippen LogP contribution in [0.5, 0.6) is 0 Å². The summed E-state index contributed by atoms with van der Waals surface area (Å²) in [4.78, 5) is 10.9. The first kappa shape index (κ1) is 14.5. The molecule has 2 nitrogen and oxygen atoms in total. The highest BCUT2D eigenvalue weighted by atomic mass is 19.3. The standard InChI is InChI=1S/C13H15F3O2/c1-12(2,11(17)18)7-8-6-9(13(3,15)16)4-5-10(8)14/h4-6H,7H2,1-3H3,(H,17,18). The first-order valence-electron chi connectivity index (χ1n) is 5.44. The highest BCUT2D eigenvalue weighted by Crippen LogP contribution is 2.30. The minimum absolute atomic E-state index is 0.0126. The Hall–Kier alpha value is -1.52. The van der Waals surface area contributed by atoms with E-state index in [-0.39, 0.29) is 17.5 Å². The van der Waals surface area contributed by atoms with E-state index in [9.17, 15) is 18.0 Å². The third kappa shape index (κ3) is 3.24. The molecule has 0 saturated carbocycles. The van der Waals surface area contributed by atoms with Crippen molar-refractivity contribution in [2.75, 3.05) is 0 Å². The minimum atomic E-state index is -3.07. The average Bonchev–Trinajstić information content (AvgIpc) is 2.19. The van der Waals surface area contributed by atoms with Crippen molar-refractivity contribution in [2.45, 2.75) is 33.1 Å². The summed E-state index contributed by atoms with van der Waals surface area (Å²) >= 11 is 0. The molecule has 0 aliphatic rings. The summed E-state index contributed by atoms with van der Waals surface area (Å²) in [5, 5.41) is 8.95. The Bertz CT molecular complexity index is 462. The highest BCUT2D eigenvalue weighted by molar-refractivity contribution is 5.74. The van der Waals surface area contributed by atoms with Crippen molar-refractivity contribution >= 4 is 5.97 Å². The second-order valence-corrected chi connectivity index (χ2v) is 5.06. The Morgan fingerprint density at radius 2 is 1.83 bits per heavy atom. The summed E-state index contributed by atoms with van der Waals surface area (Å²) in [6.07, 6.45) is -0.141. The molecule has 0 aliphatic carbocycles. The lowest BCUT2D eigenvalue weighted by atomic mass is 9.85. The van der Waals surface area contributed by atoms with E-state index in [1.165, 1.54) is 13.8 Å². The van der Waals surface area contributed by atoms with Gasteiger partial charge in [0.15, 0.2) is 0 Å². The predicted molar refractivity (Wildman–Crippen MR) is 61.1 cm³/mol. The first-order chi connectivity index (χ1) is 8.04. The second-order valence-electron chi connectivity index (χ2n) is 5.06. The number of aliphatic carboxylic acids is 1. The maximum absolute atomic E-state index is 13.5. The Balaban J connectivity index is 3.14. The van der Waals surface area contributed by atoms with Crippen LogP contribution in [0.1, 0.15) is 31.9 Å². The average molecular weight is 260 g/mol. The Morgan fingerprint density at radius 3 is 2.28 bits per heavy atom. The number of hydrogen-bond acceptors (Lipinski definition) is 1. The molecule has 0 aromatic heterocycles. The van der Waals surface area contributed by atoms with Crippen LogP contribution in [0.4, 0.5) is 13.2 Å². The van der Waals surface area contributed by atoms with Crippen molar-refractivity contribution in [3.05, 3.63) is 35.1 Å². The topological polar surface area (TPSA) is 37.3 Å². The molecule has 0 amide bonds. The molecule has 0 aliphatic heterocycles. The smallest absolute Gasteiger partial charge is 0.309 e. The quantitative estimate of drug-likeness (QED) is 0.898. The largest absolute Gasteiger partial charge is 0.481 e. The number of carbonyl (C=O) groups is 1. The van der Waals surface area contributed by atoms with Gasteiger partial charge in [-0.05, 0) is 38.0 Å². The van der Waals surface area contributed by atoms with Crippen LogP contribution in [0.3, 0.4) is 0 Å². The Kier molecular flexibility index (Phi) is 3.74. The maximum atomic E-state index is 13.5. The zero-order valence-corrected chi connectivity index (χ0v) is 10.4. The van der Waals surface area contributed by atoms with Gasteiger partial charge in [0.25, 0.3) is 5.92 Å². The molecule has 0 unspecified atom stereocenters. The van der Waals surface area contributed by atoms with E-state index in [2.05, 4.69) is 0 Å². The summed E-state index contributed by atoms with van der Waals surface area (Å²) in [6.45, 7) is 3.56. The molecule has 0 atom stereocenters. The number of carboxylic acids is 1. The van der Waals surface area contributed by atoms with Gasteiger partial charge in [-0.2, -0.15) is 0 Å². The lowest BCUT2D eigenvalue weighted by Crippen LogP contribution is -2.26. The summed E-state index contributed by atoms with van der Waals surface area (Å²) in [5.41, 5.74) is -1.54. The maximum Gasteiger partial charge on any atom is 0.309 e. The third-order valence-electron chi connectivity index (χ3n) is 2.76. The van der Waals surface area contributed by atoms with E-state index >= 15 is 0 Å². The summed E-state index contributed by atoms with van der Waals surface area (Å²) in [7, 11) is 0. The van der Waals surface area contributed by atoms with Gasteiger partial charge in [0.2, 0.25) is 0 Å². The molecule has 0 spiro atoms. The van der Waals surface area contributed by atoms with Crippen LogP contribution in [-0.4, -0.2) is 11.1 Å². The molecule has 1 rings (SSSR count). The molecule has 0 heterocycles. The van der Waals surface area contributed by atoms with Crippen molar-refractivity contribution < 1.29 is 23.1 Å². The van der Waals surface area contributed by atoms with Crippen molar-refractivity contribution in [3.63, 3.8) is 0 Å². The van der Waals surface area contributed by atoms with Crippen LogP contribution in [0.15, 0.2) is 18.2 Å². The lowest BCUT2D eigenvalue weighted by Gasteiger charge is -2.20. The van der Waals surface area contributed by atoms with Crippen molar-refractivity contribution in [1.29, 1.82) is 0 Å². The fourth-order valence-corrected chi connectivity index (χ4v) is 1.54. The molecular weight excluding hydrogens is 245 g/mol. The highest BCUT2D eigenvalue weighted by Gasteiger charge is 2.30. The zero-order chi connectivity index (χ0) is 14.1. The molecule has 0 saturated heterocycles. The van der Waals surface area contributed by atoms with E-state index in [4.69, 9.17) is 5.11 Å². The van der Waals surface area contributed by atoms with Gasteiger partial charge in [-0.1, -0.05) is 6.07 Å². The lowest BCUT2D eigenvalue weighted by molar-refractivity contribution is -0.146. The van der Waals surface area contributed by atoms with E-state index in [1.54, 1.807) is 0 Å². The van der Waals surface area contributed by atoms with Gasteiger partial charge in [0.1, 0.15) is 5.82 Å². The summed E-state index contributed by atoms with van der Waals surface area (Å²) in [5.74, 6) is -4.84. The minimum Gasteiger partial charge on any atom is -0.481 e. The van der Waals surface area contributed by atoms with Crippen LogP contribution >= 0.6 is 0 Å². The molecule has 1 N–H and O–H groups in total. The zero-order valence-electron chi connectivity index (χ0n) is 10.4. The monoisotopic (exact) mass is 260 g/mol. The molecule has 5 heteroatoms. The van der Waals surface area contributed by atoms with E-state index in [0.717, 1.165) is 18.2 Å². The van der Waals surface area contributed by atoms with Crippen molar-refractivity contribution in [2.24, 2.45) is 5.41 Å². The van der Waals surface area contributed by atoms with E-state index < -0.39 is 23.1 Å². The Labute approximate surface area is 103 Å². The number of halogens is 3. The van der Waals surface area contributed by atoms with Crippen molar-refractivity contribution in [1.82, 2.24) is 0 Å². The van der Waals surface area contributed by atoms with Crippen LogP contribution in [0, 0.1) is 11.2 Å². The number of benzene rings is 1. The van der Waals surface area contributed by atoms with Crippen molar-refractivity contribution in [3.8, 4) is 0 Å². The summed E-state index contributed by atoms with van der Waals surface area (Å²) < 4.78 is 39.8. The third-order valence-corrected chi connectivity index (χ3v) is 2.76. The second kappa shape index (κ2) is 4.63. The molecule has 0 fully saturated rings. The van der Waals surface area contributed by atoms with E-state index in [1.807, 2.05) is 0 Å². The molecule has 0 bridgehead atoms. The van der Waals surface area contributed by atoms with Crippen LogP contribution in [0.2, 0.25) is 0 Å². The fraction of sp³-hybridized carbons (Fsp3) is 0.462. The number of alkyl halides is 2. The van der Waals surface area contributed by atoms with Gasteiger partial charge in [-0.15, -0.1) is 0 Å². The summed E-state index contributed by atoms with van der Waals surface area (Å²) in [6, 6.07) is 2.98. The van der Waals surface area contributed by atoms with E-state index in [0.29, 0.717) is 6.92 Å². The fourth-order valence-electron chi connectivity index (χ4n) is 1.54. The SMILES string of the molecule is CC(C)(Cc1cc(C(C)(F)F)ccc1F)C(=O)O. The molecule has 1 aromatic rings.